The van der Waals surface area contributed by atoms with E-state index in [4.69, 9.17) is 4.74 Å². The van der Waals surface area contributed by atoms with Crippen LogP contribution in [0.4, 0.5) is 5.69 Å². The number of benzene rings is 2. The SMILES string of the molecule is COC(=O)C1=C(Nc2cccc(C(=O)O)c2-c2ccccc2)C(=O)N(CCO)C1. The zero-order valence-electron chi connectivity index (χ0n) is 15.7. The molecule has 0 fully saturated rings. The van der Waals surface area contributed by atoms with Crippen LogP contribution in [0.5, 0.6) is 0 Å². The van der Waals surface area contributed by atoms with Crippen LogP contribution in [0.3, 0.4) is 0 Å². The van der Waals surface area contributed by atoms with Crippen LogP contribution in [0.25, 0.3) is 11.1 Å². The van der Waals surface area contributed by atoms with E-state index < -0.39 is 17.8 Å². The molecule has 0 saturated carbocycles. The molecule has 3 N–H and O–H groups in total. The van der Waals surface area contributed by atoms with Crippen molar-refractivity contribution in [2.45, 2.75) is 0 Å². The van der Waals surface area contributed by atoms with E-state index in [1.807, 2.05) is 6.07 Å². The van der Waals surface area contributed by atoms with E-state index in [0.717, 1.165) is 0 Å². The summed E-state index contributed by atoms with van der Waals surface area (Å²) in [4.78, 5) is 38.1. The van der Waals surface area contributed by atoms with Gasteiger partial charge in [0, 0.05) is 17.8 Å². The third-order valence-corrected chi connectivity index (χ3v) is 4.57. The number of amides is 1. The molecule has 0 radical (unpaired) electrons. The van der Waals surface area contributed by atoms with E-state index in [1.165, 1.54) is 18.1 Å². The van der Waals surface area contributed by atoms with Crippen molar-refractivity contribution in [3.8, 4) is 11.1 Å². The average molecular weight is 396 g/mol. The van der Waals surface area contributed by atoms with Crippen molar-refractivity contribution in [2.75, 3.05) is 32.1 Å². The highest BCUT2D eigenvalue weighted by Crippen LogP contribution is 2.34. The van der Waals surface area contributed by atoms with E-state index in [2.05, 4.69) is 5.32 Å². The smallest absolute Gasteiger partial charge is 0.337 e. The normalized spacial score (nSPS) is 13.6. The maximum absolute atomic E-state index is 12.8. The number of anilines is 1. The number of esters is 1. The molecular weight excluding hydrogens is 376 g/mol. The molecule has 2 aromatic carbocycles. The van der Waals surface area contributed by atoms with Crippen LogP contribution in [0.15, 0.2) is 59.8 Å². The van der Waals surface area contributed by atoms with Crippen molar-refractivity contribution in [1.29, 1.82) is 0 Å². The van der Waals surface area contributed by atoms with Crippen LogP contribution in [-0.2, 0) is 14.3 Å². The van der Waals surface area contributed by atoms with Crippen molar-refractivity contribution in [2.24, 2.45) is 0 Å². The van der Waals surface area contributed by atoms with Crippen LogP contribution in [-0.4, -0.2) is 59.8 Å². The zero-order chi connectivity index (χ0) is 21.0. The van der Waals surface area contributed by atoms with Gasteiger partial charge in [0.05, 0.1) is 31.4 Å². The van der Waals surface area contributed by atoms with Gasteiger partial charge in [-0.3, -0.25) is 4.79 Å². The Morgan fingerprint density at radius 1 is 1.14 bits per heavy atom. The summed E-state index contributed by atoms with van der Waals surface area (Å²) >= 11 is 0. The van der Waals surface area contributed by atoms with E-state index in [9.17, 15) is 24.6 Å². The Kier molecular flexibility index (Phi) is 5.94. The third-order valence-electron chi connectivity index (χ3n) is 4.57. The van der Waals surface area contributed by atoms with Gasteiger partial charge in [0.25, 0.3) is 5.91 Å². The highest BCUT2D eigenvalue weighted by Gasteiger charge is 2.35. The molecule has 8 nitrogen and oxygen atoms in total. The summed E-state index contributed by atoms with van der Waals surface area (Å²) in [7, 11) is 1.21. The standard InChI is InChI=1S/C21H20N2O6/c1-29-21(28)15-12-23(10-11-24)19(25)18(15)22-16-9-5-8-14(20(26)27)17(16)13-6-3-2-4-7-13/h2-9,22,24H,10-12H2,1H3,(H,26,27). The Bertz CT molecular complexity index is 984. The minimum Gasteiger partial charge on any atom is -0.478 e. The molecule has 0 aromatic heterocycles. The molecular formula is C21H20N2O6. The summed E-state index contributed by atoms with van der Waals surface area (Å²) in [6.45, 7) is -0.198. The molecule has 8 heteroatoms. The molecule has 0 aliphatic carbocycles. The Hall–Kier alpha value is -3.65. The summed E-state index contributed by atoms with van der Waals surface area (Å²) in [6.07, 6.45) is 0. The van der Waals surface area contributed by atoms with Crippen molar-refractivity contribution < 1.29 is 29.3 Å². The predicted molar refractivity (Wildman–Crippen MR) is 105 cm³/mol. The van der Waals surface area contributed by atoms with Crippen LogP contribution in [0.2, 0.25) is 0 Å². The molecule has 0 bridgehead atoms. The highest BCUT2D eigenvalue weighted by molar-refractivity contribution is 6.10. The molecule has 29 heavy (non-hydrogen) atoms. The van der Waals surface area contributed by atoms with E-state index in [0.29, 0.717) is 16.8 Å². The number of hydrogen-bond acceptors (Lipinski definition) is 6. The third kappa shape index (κ3) is 3.97. The number of nitrogens with zero attached hydrogens (tertiary/aromatic N) is 1. The predicted octanol–water partition coefficient (Wildman–Crippen LogP) is 1.73. The number of aliphatic hydroxyl groups excluding tert-OH is 1. The Balaban J connectivity index is 2.11. The average Bonchev–Trinajstić information content (AvgIpc) is 3.04. The van der Waals surface area contributed by atoms with Crippen LogP contribution >= 0.6 is 0 Å². The maximum atomic E-state index is 12.8. The summed E-state index contributed by atoms with van der Waals surface area (Å²) in [5.41, 5.74) is 1.58. The van der Waals surface area contributed by atoms with Gasteiger partial charge >= 0.3 is 11.9 Å². The van der Waals surface area contributed by atoms with Crippen molar-refractivity contribution in [3.05, 3.63) is 65.4 Å². The number of methoxy groups -OCH3 is 1. The number of β-amino-alcohol motifs (C(OH)–C–C–N with tert-alkyl or cyclic N) is 1. The molecule has 0 unspecified atom stereocenters. The minimum atomic E-state index is -1.12. The molecule has 0 atom stereocenters. The molecule has 1 aliphatic rings. The number of carboxylic acids is 1. The van der Waals surface area contributed by atoms with Gasteiger partial charge in [-0.1, -0.05) is 36.4 Å². The van der Waals surface area contributed by atoms with E-state index in [-0.39, 0.29) is 36.5 Å². The fraction of sp³-hybridized carbons (Fsp3) is 0.190. The van der Waals surface area contributed by atoms with Gasteiger partial charge in [-0.2, -0.15) is 0 Å². The second-order valence-corrected chi connectivity index (χ2v) is 6.32. The molecule has 3 rings (SSSR count). The largest absolute Gasteiger partial charge is 0.478 e. The molecule has 2 aromatic rings. The lowest BCUT2D eigenvalue weighted by Gasteiger charge is -2.17. The van der Waals surface area contributed by atoms with Gasteiger partial charge in [-0.15, -0.1) is 0 Å². The molecule has 150 valence electrons. The first-order chi connectivity index (χ1) is 14.0. The number of aliphatic hydroxyl groups is 1. The summed E-state index contributed by atoms with van der Waals surface area (Å²) in [5.74, 6) is -2.26. The second kappa shape index (κ2) is 8.57. The first-order valence-electron chi connectivity index (χ1n) is 8.88. The van der Waals surface area contributed by atoms with Gasteiger partial charge in [-0.25, -0.2) is 9.59 Å². The van der Waals surface area contributed by atoms with E-state index in [1.54, 1.807) is 36.4 Å². The van der Waals surface area contributed by atoms with Crippen LogP contribution < -0.4 is 5.32 Å². The molecule has 1 amide bonds. The summed E-state index contributed by atoms with van der Waals surface area (Å²) in [6, 6.07) is 13.6. The van der Waals surface area contributed by atoms with Crippen molar-refractivity contribution in [3.63, 3.8) is 0 Å². The number of hydrogen-bond donors (Lipinski definition) is 3. The lowest BCUT2D eigenvalue weighted by atomic mass is 9.97. The molecule has 0 saturated heterocycles. The monoisotopic (exact) mass is 396 g/mol. The summed E-state index contributed by atoms with van der Waals surface area (Å²) in [5, 5.41) is 21.8. The second-order valence-electron chi connectivity index (χ2n) is 6.32. The first-order valence-corrected chi connectivity index (χ1v) is 8.88. The quantitative estimate of drug-likeness (QED) is 0.610. The van der Waals surface area contributed by atoms with Crippen LogP contribution in [0.1, 0.15) is 10.4 Å². The van der Waals surface area contributed by atoms with Gasteiger partial charge in [0.15, 0.2) is 0 Å². The Morgan fingerprint density at radius 2 is 1.86 bits per heavy atom. The fourth-order valence-electron chi connectivity index (χ4n) is 3.23. The number of aromatic carboxylic acids is 1. The lowest BCUT2D eigenvalue weighted by Crippen LogP contribution is -2.31. The molecule has 0 spiro atoms. The van der Waals surface area contributed by atoms with Gasteiger partial charge in [0.1, 0.15) is 5.70 Å². The van der Waals surface area contributed by atoms with Gasteiger partial charge < -0.3 is 25.2 Å². The minimum absolute atomic E-state index is 0.00465. The number of carbonyl (C=O) groups is 3. The Labute approximate surface area is 167 Å². The van der Waals surface area contributed by atoms with Gasteiger partial charge in [0.2, 0.25) is 0 Å². The highest BCUT2D eigenvalue weighted by atomic mass is 16.5. The van der Waals surface area contributed by atoms with Gasteiger partial charge in [-0.05, 0) is 17.7 Å². The number of ether oxygens (including phenoxy) is 1. The summed E-state index contributed by atoms with van der Waals surface area (Å²) < 4.78 is 4.78. The molecule has 1 heterocycles. The number of carbonyl (C=O) groups excluding carboxylic acids is 2. The number of nitrogens with one attached hydrogen (secondary N) is 1. The van der Waals surface area contributed by atoms with Crippen molar-refractivity contribution >= 4 is 23.5 Å². The lowest BCUT2D eigenvalue weighted by molar-refractivity contribution is -0.136. The number of rotatable bonds is 7. The van der Waals surface area contributed by atoms with Crippen molar-refractivity contribution in [1.82, 2.24) is 4.90 Å². The molecule has 1 aliphatic heterocycles. The topological polar surface area (TPSA) is 116 Å². The first kappa shape index (κ1) is 20.1. The fourth-order valence-corrected chi connectivity index (χ4v) is 3.23. The number of carboxylic acid groups (broad SMARTS) is 1. The zero-order valence-corrected chi connectivity index (χ0v) is 15.7. The maximum Gasteiger partial charge on any atom is 0.337 e. The van der Waals surface area contributed by atoms with Crippen LogP contribution in [0, 0.1) is 0 Å². The Morgan fingerprint density at radius 3 is 2.48 bits per heavy atom. The van der Waals surface area contributed by atoms with E-state index >= 15 is 0 Å².